The molecule has 0 bridgehead atoms. The summed E-state index contributed by atoms with van der Waals surface area (Å²) < 4.78 is 0. The molecule has 100 valence electrons. The number of rotatable bonds is 8. The van der Waals surface area contributed by atoms with Crippen LogP contribution in [0, 0.1) is 0 Å². The zero-order valence-corrected chi connectivity index (χ0v) is 11.1. The Labute approximate surface area is 109 Å². The van der Waals surface area contributed by atoms with E-state index < -0.39 is 0 Å². The van der Waals surface area contributed by atoms with Gasteiger partial charge < -0.3 is 16.0 Å². The van der Waals surface area contributed by atoms with Crippen LogP contribution in [0.1, 0.15) is 19.3 Å². The number of anilines is 1. The lowest BCUT2D eigenvalue weighted by molar-refractivity contribution is -0.121. The summed E-state index contributed by atoms with van der Waals surface area (Å²) >= 11 is 0. The standard InChI is InChI=1S/C14H23N3O/c1-17(13-7-3-2-4-8-13)12-11-16-14(18)9-5-6-10-15/h2-4,7-8H,5-6,9-12,15H2,1H3,(H,16,18). The number of nitrogens with one attached hydrogen (secondary N) is 1. The molecular formula is C14H23N3O. The molecule has 3 N–H and O–H groups in total. The van der Waals surface area contributed by atoms with E-state index in [1.807, 2.05) is 25.2 Å². The molecule has 0 aromatic heterocycles. The van der Waals surface area contributed by atoms with Crippen molar-refractivity contribution in [3.8, 4) is 0 Å². The van der Waals surface area contributed by atoms with Gasteiger partial charge in [0.1, 0.15) is 0 Å². The highest BCUT2D eigenvalue weighted by molar-refractivity contribution is 5.75. The van der Waals surface area contributed by atoms with Gasteiger partial charge in [0.25, 0.3) is 0 Å². The molecule has 18 heavy (non-hydrogen) atoms. The van der Waals surface area contributed by atoms with Gasteiger partial charge in [0.15, 0.2) is 0 Å². The van der Waals surface area contributed by atoms with Crippen LogP contribution < -0.4 is 16.0 Å². The Morgan fingerprint density at radius 2 is 2.00 bits per heavy atom. The highest BCUT2D eigenvalue weighted by atomic mass is 16.1. The van der Waals surface area contributed by atoms with Gasteiger partial charge in [0.2, 0.25) is 5.91 Å². The van der Waals surface area contributed by atoms with Gasteiger partial charge in [-0.1, -0.05) is 18.2 Å². The van der Waals surface area contributed by atoms with Crippen molar-refractivity contribution in [2.45, 2.75) is 19.3 Å². The number of para-hydroxylation sites is 1. The van der Waals surface area contributed by atoms with Gasteiger partial charge in [-0.3, -0.25) is 4.79 Å². The predicted molar refractivity (Wildman–Crippen MR) is 75.6 cm³/mol. The smallest absolute Gasteiger partial charge is 0.220 e. The number of amides is 1. The van der Waals surface area contributed by atoms with Crippen molar-refractivity contribution < 1.29 is 4.79 Å². The number of nitrogens with zero attached hydrogens (tertiary/aromatic N) is 1. The molecule has 0 radical (unpaired) electrons. The third-order valence-corrected chi connectivity index (χ3v) is 2.82. The molecule has 0 unspecified atom stereocenters. The van der Waals surface area contributed by atoms with E-state index in [4.69, 9.17) is 5.73 Å². The Morgan fingerprint density at radius 3 is 2.67 bits per heavy atom. The molecule has 1 aromatic carbocycles. The molecule has 4 nitrogen and oxygen atoms in total. The van der Waals surface area contributed by atoms with Gasteiger partial charge in [0.05, 0.1) is 0 Å². The van der Waals surface area contributed by atoms with E-state index >= 15 is 0 Å². The molecule has 0 aliphatic rings. The molecule has 0 fully saturated rings. The zero-order chi connectivity index (χ0) is 13.2. The average molecular weight is 249 g/mol. The monoisotopic (exact) mass is 249 g/mol. The van der Waals surface area contributed by atoms with Crippen molar-refractivity contribution in [2.75, 3.05) is 31.6 Å². The molecule has 0 saturated carbocycles. The normalized spacial score (nSPS) is 10.1. The maximum absolute atomic E-state index is 11.5. The van der Waals surface area contributed by atoms with E-state index in [1.54, 1.807) is 0 Å². The zero-order valence-electron chi connectivity index (χ0n) is 11.1. The third kappa shape index (κ3) is 5.68. The second-order valence-corrected chi connectivity index (χ2v) is 4.35. The summed E-state index contributed by atoms with van der Waals surface area (Å²) in [7, 11) is 2.02. The summed E-state index contributed by atoms with van der Waals surface area (Å²) in [5.41, 5.74) is 6.54. The summed E-state index contributed by atoms with van der Waals surface area (Å²) in [6.07, 6.45) is 2.36. The van der Waals surface area contributed by atoms with Crippen molar-refractivity contribution in [1.29, 1.82) is 0 Å². The van der Waals surface area contributed by atoms with Gasteiger partial charge in [0, 0.05) is 32.2 Å². The highest BCUT2D eigenvalue weighted by Crippen LogP contribution is 2.09. The van der Waals surface area contributed by atoms with Crippen LogP contribution in [0.5, 0.6) is 0 Å². The lowest BCUT2D eigenvalue weighted by atomic mass is 10.2. The first-order valence-electron chi connectivity index (χ1n) is 6.47. The van der Waals surface area contributed by atoms with E-state index in [9.17, 15) is 4.79 Å². The number of carbonyl (C=O) groups excluding carboxylic acids is 1. The van der Waals surface area contributed by atoms with Crippen LogP contribution in [0.15, 0.2) is 30.3 Å². The Bertz CT molecular complexity index is 340. The number of hydrogen-bond donors (Lipinski definition) is 2. The molecule has 1 aromatic rings. The van der Waals surface area contributed by atoms with Crippen molar-refractivity contribution in [1.82, 2.24) is 5.32 Å². The van der Waals surface area contributed by atoms with Crippen molar-refractivity contribution in [3.63, 3.8) is 0 Å². The van der Waals surface area contributed by atoms with Crippen LogP contribution in [0.4, 0.5) is 5.69 Å². The first-order valence-corrected chi connectivity index (χ1v) is 6.47. The lowest BCUT2D eigenvalue weighted by Crippen LogP contribution is -2.32. The number of likely N-dealkylation sites (N-methyl/N-ethyl adjacent to an activating group) is 1. The molecule has 4 heteroatoms. The van der Waals surface area contributed by atoms with Crippen LogP contribution in [0.25, 0.3) is 0 Å². The minimum atomic E-state index is 0.116. The fourth-order valence-electron chi connectivity index (χ4n) is 1.69. The summed E-state index contributed by atoms with van der Waals surface area (Å²) in [5, 5.41) is 2.92. The van der Waals surface area contributed by atoms with Crippen LogP contribution in [0.2, 0.25) is 0 Å². The Balaban J connectivity index is 2.16. The number of hydrogen-bond acceptors (Lipinski definition) is 3. The fourth-order valence-corrected chi connectivity index (χ4v) is 1.69. The maximum Gasteiger partial charge on any atom is 0.220 e. The number of nitrogens with two attached hydrogens (primary N) is 1. The Hall–Kier alpha value is -1.55. The Kier molecular flexibility index (Phi) is 6.87. The minimum Gasteiger partial charge on any atom is -0.373 e. The molecule has 1 amide bonds. The van der Waals surface area contributed by atoms with Crippen molar-refractivity contribution >= 4 is 11.6 Å². The minimum absolute atomic E-state index is 0.116. The topological polar surface area (TPSA) is 58.4 Å². The largest absolute Gasteiger partial charge is 0.373 e. The molecule has 0 atom stereocenters. The van der Waals surface area contributed by atoms with E-state index in [1.165, 1.54) is 0 Å². The van der Waals surface area contributed by atoms with Crippen molar-refractivity contribution in [2.24, 2.45) is 5.73 Å². The van der Waals surface area contributed by atoms with Gasteiger partial charge in [-0.05, 0) is 31.5 Å². The van der Waals surface area contributed by atoms with Crippen LogP contribution in [-0.4, -0.2) is 32.6 Å². The van der Waals surface area contributed by atoms with Gasteiger partial charge in [-0.25, -0.2) is 0 Å². The van der Waals surface area contributed by atoms with E-state index in [2.05, 4.69) is 22.3 Å². The second kappa shape index (κ2) is 8.53. The number of benzene rings is 1. The van der Waals surface area contributed by atoms with E-state index in [0.717, 1.165) is 25.1 Å². The van der Waals surface area contributed by atoms with Gasteiger partial charge in [-0.15, -0.1) is 0 Å². The summed E-state index contributed by atoms with van der Waals surface area (Å²) in [6.45, 7) is 2.14. The quantitative estimate of drug-likeness (QED) is 0.684. The first kappa shape index (κ1) is 14.5. The molecule has 0 spiro atoms. The number of unbranched alkanes of at least 4 members (excludes halogenated alkanes) is 1. The summed E-state index contributed by atoms with van der Waals surface area (Å²) in [6, 6.07) is 10.1. The fraction of sp³-hybridized carbons (Fsp3) is 0.500. The molecule has 1 rings (SSSR count). The molecule has 0 saturated heterocycles. The highest BCUT2D eigenvalue weighted by Gasteiger charge is 2.02. The SMILES string of the molecule is CN(CCNC(=O)CCCCN)c1ccccc1. The molecule has 0 heterocycles. The second-order valence-electron chi connectivity index (χ2n) is 4.35. The van der Waals surface area contributed by atoms with E-state index in [0.29, 0.717) is 19.5 Å². The van der Waals surface area contributed by atoms with Crippen LogP contribution in [-0.2, 0) is 4.79 Å². The molecule has 0 aliphatic carbocycles. The molecular weight excluding hydrogens is 226 g/mol. The van der Waals surface area contributed by atoms with E-state index in [-0.39, 0.29) is 5.91 Å². The van der Waals surface area contributed by atoms with Crippen LogP contribution >= 0.6 is 0 Å². The average Bonchev–Trinajstić information content (AvgIpc) is 2.40. The van der Waals surface area contributed by atoms with Gasteiger partial charge in [-0.2, -0.15) is 0 Å². The predicted octanol–water partition coefficient (Wildman–Crippen LogP) is 1.37. The first-order chi connectivity index (χ1) is 8.74. The Morgan fingerprint density at radius 1 is 1.28 bits per heavy atom. The van der Waals surface area contributed by atoms with Crippen molar-refractivity contribution in [3.05, 3.63) is 30.3 Å². The van der Waals surface area contributed by atoms with Crippen LogP contribution in [0.3, 0.4) is 0 Å². The number of carbonyl (C=O) groups is 1. The van der Waals surface area contributed by atoms with Gasteiger partial charge >= 0.3 is 0 Å². The summed E-state index contributed by atoms with van der Waals surface area (Å²) in [5.74, 6) is 0.116. The third-order valence-electron chi connectivity index (χ3n) is 2.82. The summed E-state index contributed by atoms with van der Waals surface area (Å²) in [4.78, 5) is 13.6. The molecule has 0 aliphatic heterocycles. The maximum atomic E-state index is 11.5. The lowest BCUT2D eigenvalue weighted by Gasteiger charge is -2.19.